The van der Waals surface area contributed by atoms with E-state index in [0.29, 0.717) is 29.8 Å². The van der Waals surface area contributed by atoms with Crippen LogP contribution in [0.3, 0.4) is 0 Å². The standard InChI is InChI=1S/C28H43N7O/c1-34(2)23-10-8-21(9-11-23)31-27-25(20-13-16-35(17-14-20)24-6-4-5-7-24)19-30-28(33-27)32-22-12-15-29-26(18-22)36-3/h12,15,18-21,23-24H,4-11,13-14,16-17H2,1-3H3,(H2,29,30,31,32,33)/t21-,23-. The van der Waals surface area contributed by atoms with E-state index in [0.717, 1.165) is 17.5 Å². The van der Waals surface area contributed by atoms with Crippen LogP contribution < -0.4 is 15.4 Å². The summed E-state index contributed by atoms with van der Waals surface area (Å²) in [5.74, 6) is 2.71. The number of aromatic nitrogens is 3. The largest absolute Gasteiger partial charge is 0.481 e. The molecule has 0 radical (unpaired) electrons. The highest BCUT2D eigenvalue weighted by atomic mass is 16.5. The van der Waals surface area contributed by atoms with Crippen molar-refractivity contribution in [1.82, 2.24) is 24.8 Å². The van der Waals surface area contributed by atoms with Crippen LogP contribution in [0, 0.1) is 0 Å². The number of nitrogens with zero attached hydrogens (tertiary/aromatic N) is 5. The lowest BCUT2D eigenvalue weighted by molar-refractivity contribution is 0.154. The van der Waals surface area contributed by atoms with E-state index in [9.17, 15) is 0 Å². The molecule has 1 saturated heterocycles. The minimum atomic E-state index is 0.460. The molecule has 0 spiro atoms. The Balaban J connectivity index is 1.32. The second kappa shape index (κ2) is 11.7. The normalized spacial score (nSPS) is 24.2. The highest BCUT2D eigenvalue weighted by molar-refractivity contribution is 5.57. The summed E-state index contributed by atoms with van der Waals surface area (Å²) in [6, 6.07) is 5.74. The summed E-state index contributed by atoms with van der Waals surface area (Å²) in [5.41, 5.74) is 2.16. The molecule has 2 N–H and O–H groups in total. The van der Waals surface area contributed by atoms with Crippen LogP contribution in [0.1, 0.15) is 75.7 Å². The summed E-state index contributed by atoms with van der Waals surface area (Å²) in [4.78, 5) is 19.1. The van der Waals surface area contributed by atoms with Crippen LogP contribution in [-0.2, 0) is 0 Å². The van der Waals surface area contributed by atoms with E-state index in [1.165, 1.54) is 82.9 Å². The monoisotopic (exact) mass is 493 g/mol. The number of hydrogen-bond acceptors (Lipinski definition) is 8. The average molecular weight is 494 g/mol. The van der Waals surface area contributed by atoms with Gasteiger partial charge in [0.1, 0.15) is 5.82 Å². The summed E-state index contributed by atoms with van der Waals surface area (Å²) in [6.45, 7) is 2.39. The van der Waals surface area contributed by atoms with Crippen molar-refractivity contribution in [3.63, 3.8) is 0 Å². The molecule has 3 heterocycles. The molecule has 0 unspecified atom stereocenters. The Morgan fingerprint density at radius 3 is 2.42 bits per heavy atom. The lowest BCUT2D eigenvalue weighted by Gasteiger charge is -2.37. The van der Waals surface area contributed by atoms with Gasteiger partial charge in [-0.25, -0.2) is 9.97 Å². The average Bonchev–Trinajstić information content (AvgIpc) is 3.45. The van der Waals surface area contributed by atoms with Gasteiger partial charge in [-0.05, 0) is 90.5 Å². The number of nitrogens with one attached hydrogen (secondary N) is 2. The zero-order chi connectivity index (χ0) is 24.9. The van der Waals surface area contributed by atoms with Crippen molar-refractivity contribution in [2.45, 2.75) is 88.3 Å². The Bertz CT molecular complexity index is 978. The van der Waals surface area contributed by atoms with Crippen molar-refractivity contribution in [2.75, 3.05) is 44.9 Å². The Morgan fingerprint density at radius 2 is 1.72 bits per heavy atom. The molecule has 8 nitrogen and oxygen atoms in total. The lowest BCUT2D eigenvalue weighted by Crippen LogP contribution is -2.40. The smallest absolute Gasteiger partial charge is 0.229 e. The van der Waals surface area contributed by atoms with E-state index in [2.05, 4.69) is 45.7 Å². The topological polar surface area (TPSA) is 78.4 Å². The maximum atomic E-state index is 5.27. The molecule has 36 heavy (non-hydrogen) atoms. The van der Waals surface area contributed by atoms with E-state index in [1.54, 1.807) is 13.3 Å². The fraction of sp³-hybridized carbons (Fsp3) is 0.679. The quantitative estimate of drug-likeness (QED) is 0.530. The number of rotatable bonds is 8. The van der Waals surface area contributed by atoms with Gasteiger partial charge in [0.05, 0.1) is 7.11 Å². The molecule has 0 amide bonds. The zero-order valence-corrected chi connectivity index (χ0v) is 22.2. The van der Waals surface area contributed by atoms with Gasteiger partial charge >= 0.3 is 0 Å². The van der Waals surface area contributed by atoms with Crippen LogP contribution in [0.2, 0.25) is 0 Å². The van der Waals surface area contributed by atoms with Gasteiger partial charge in [-0.3, -0.25) is 0 Å². The molecule has 2 aliphatic carbocycles. The Hall–Kier alpha value is -2.45. The van der Waals surface area contributed by atoms with Gasteiger partial charge in [0.2, 0.25) is 11.8 Å². The second-order valence-electron chi connectivity index (χ2n) is 11.1. The Morgan fingerprint density at radius 1 is 0.972 bits per heavy atom. The highest BCUT2D eigenvalue weighted by Crippen LogP contribution is 2.36. The first-order valence-electron chi connectivity index (χ1n) is 13.9. The van der Waals surface area contributed by atoms with E-state index in [4.69, 9.17) is 14.7 Å². The van der Waals surface area contributed by atoms with Crippen molar-refractivity contribution in [2.24, 2.45) is 0 Å². The Kier molecular flexibility index (Phi) is 8.22. The lowest BCUT2D eigenvalue weighted by atomic mass is 9.88. The van der Waals surface area contributed by atoms with Gasteiger partial charge in [0.15, 0.2) is 0 Å². The zero-order valence-electron chi connectivity index (χ0n) is 22.2. The third-order valence-electron chi connectivity index (χ3n) is 8.60. The summed E-state index contributed by atoms with van der Waals surface area (Å²) in [7, 11) is 6.03. The van der Waals surface area contributed by atoms with Crippen molar-refractivity contribution >= 4 is 17.5 Å². The summed E-state index contributed by atoms with van der Waals surface area (Å²) in [5, 5.41) is 7.22. The predicted octanol–water partition coefficient (Wildman–Crippen LogP) is 5.03. The van der Waals surface area contributed by atoms with Crippen LogP contribution >= 0.6 is 0 Å². The molecule has 3 fully saturated rings. The van der Waals surface area contributed by atoms with Gasteiger partial charge in [-0.15, -0.1) is 0 Å². The fourth-order valence-electron chi connectivity index (χ4n) is 6.37. The molecule has 3 aliphatic rings. The van der Waals surface area contributed by atoms with Crippen molar-refractivity contribution < 1.29 is 4.74 Å². The summed E-state index contributed by atoms with van der Waals surface area (Å²) < 4.78 is 5.27. The molecule has 2 aromatic heterocycles. The van der Waals surface area contributed by atoms with Gasteiger partial charge < -0.3 is 25.2 Å². The maximum absolute atomic E-state index is 5.27. The second-order valence-corrected chi connectivity index (χ2v) is 11.1. The molecule has 5 rings (SSSR count). The predicted molar refractivity (Wildman–Crippen MR) is 145 cm³/mol. The number of ether oxygens (including phenoxy) is 1. The molecular formula is C28H43N7O. The van der Waals surface area contributed by atoms with Gasteiger partial charge in [0.25, 0.3) is 0 Å². The van der Waals surface area contributed by atoms with Crippen LogP contribution in [0.4, 0.5) is 17.5 Å². The maximum Gasteiger partial charge on any atom is 0.229 e. The molecular weight excluding hydrogens is 450 g/mol. The fourth-order valence-corrected chi connectivity index (χ4v) is 6.37. The highest BCUT2D eigenvalue weighted by Gasteiger charge is 2.30. The molecule has 0 bridgehead atoms. The summed E-state index contributed by atoms with van der Waals surface area (Å²) in [6.07, 6.45) is 16.6. The number of likely N-dealkylation sites (tertiary alicyclic amines) is 1. The van der Waals surface area contributed by atoms with Crippen molar-refractivity contribution in [1.29, 1.82) is 0 Å². The molecule has 196 valence electrons. The van der Waals surface area contributed by atoms with Gasteiger partial charge in [-0.2, -0.15) is 4.98 Å². The van der Waals surface area contributed by atoms with E-state index in [-0.39, 0.29) is 0 Å². The minimum absolute atomic E-state index is 0.460. The summed E-state index contributed by atoms with van der Waals surface area (Å²) >= 11 is 0. The van der Waals surface area contributed by atoms with E-state index in [1.807, 2.05) is 12.1 Å². The molecule has 8 heteroatoms. The molecule has 2 saturated carbocycles. The molecule has 0 atom stereocenters. The van der Waals surface area contributed by atoms with Crippen LogP contribution in [-0.4, -0.2) is 77.2 Å². The van der Waals surface area contributed by atoms with Crippen LogP contribution in [0.5, 0.6) is 5.88 Å². The number of methoxy groups -OCH3 is 1. The van der Waals surface area contributed by atoms with Crippen molar-refractivity contribution in [3.05, 3.63) is 30.1 Å². The Labute approximate surface area is 216 Å². The number of pyridine rings is 1. The first-order chi connectivity index (χ1) is 17.6. The van der Waals surface area contributed by atoms with Gasteiger partial charge in [-0.1, -0.05) is 12.8 Å². The third kappa shape index (κ3) is 6.09. The molecule has 0 aromatic carbocycles. The number of hydrogen-bond donors (Lipinski definition) is 2. The first-order valence-corrected chi connectivity index (χ1v) is 13.9. The minimum Gasteiger partial charge on any atom is -0.481 e. The van der Waals surface area contributed by atoms with Gasteiger partial charge in [0, 0.05) is 47.8 Å². The molecule has 1 aliphatic heterocycles. The van der Waals surface area contributed by atoms with E-state index >= 15 is 0 Å². The number of anilines is 3. The SMILES string of the molecule is COc1cc(Nc2ncc(C3CCN(C4CCCC4)CC3)c(N[C@H]3CC[C@H](N(C)C)CC3)n2)ccn1. The first kappa shape index (κ1) is 25.2. The van der Waals surface area contributed by atoms with Crippen LogP contribution in [0.15, 0.2) is 24.5 Å². The third-order valence-corrected chi connectivity index (χ3v) is 8.60. The van der Waals surface area contributed by atoms with E-state index < -0.39 is 0 Å². The number of piperidine rings is 1. The van der Waals surface area contributed by atoms with Crippen molar-refractivity contribution in [3.8, 4) is 5.88 Å². The van der Waals surface area contributed by atoms with Crippen LogP contribution in [0.25, 0.3) is 0 Å². The molecule has 2 aromatic rings.